The van der Waals surface area contributed by atoms with Gasteiger partial charge in [-0.15, -0.1) is 0 Å². The molecule has 1 rings (SSSR count). The molecule has 0 aromatic heterocycles. The summed E-state index contributed by atoms with van der Waals surface area (Å²) in [7, 11) is 0. The van der Waals surface area contributed by atoms with E-state index in [0.29, 0.717) is 11.8 Å². The predicted octanol–water partition coefficient (Wildman–Crippen LogP) is 1.57. The lowest BCUT2D eigenvalue weighted by atomic mass is 9.75. The van der Waals surface area contributed by atoms with Gasteiger partial charge in [-0.3, -0.25) is 0 Å². The third-order valence-electron chi connectivity index (χ3n) is 3.49. The number of aliphatic hydroxyl groups is 2. The monoisotopic (exact) mass is 216 g/mol. The molecular formula is C12H24O3. The number of hydrogen-bond acceptors (Lipinski definition) is 3. The average Bonchev–Trinajstić information content (AvgIpc) is 2.17. The first-order chi connectivity index (χ1) is 6.84. The van der Waals surface area contributed by atoms with Crippen molar-refractivity contribution < 1.29 is 14.9 Å². The molecule has 1 saturated heterocycles. The van der Waals surface area contributed by atoms with Gasteiger partial charge in [0.05, 0.1) is 24.4 Å². The van der Waals surface area contributed by atoms with E-state index < -0.39 is 11.2 Å². The van der Waals surface area contributed by atoms with Crippen LogP contribution in [0.15, 0.2) is 0 Å². The standard InChI is InChI=1S/C12H24O3/c1-9(2)10-5-11(3,7-13)15-12(4,6-10)8-14/h9-10,13-14H,5-8H2,1-4H3/t10-,11-,12+. The Morgan fingerprint density at radius 2 is 1.53 bits per heavy atom. The first-order valence-corrected chi connectivity index (χ1v) is 5.76. The fraction of sp³-hybridized carbons (Fsp3) is 1.00. The first-order valence-electron chi connectivity index (χ1n) is 5.76. The normalized spacial score (nSPS) is 42.2. The molecule has 0 spiro atoms. The Balaban J connectivity index is 2.82. The maximum absolute atomic E-state index is 9.37. The molecule has 3 heteroatoms. The van der Waals surface area contributed by atoms with E-state index in [1.165, 1.54) is 0 Å². The van der Waals surface area contributed by atoms with Gasteiger partial charge in [0.1, 0.15) is 0 Å². The summed E-state index contributed by atoms with van der Waals surface area (Å²) >= 11 is 0. The molecule has 1 fully saturated rings. The van der Waals surface area contributed by atoms with Crippen LogP contribution in [-0.2, 0) is 4.74 Å². The Hall–Kier alpha value is -0.120. The maximum atomic E-state index is 9.37. The van der Waals surface area contributed by atoms with Crippen LogP contribution >= 0.6 is 0 Å². The van der Waals surface area contributed by atoms with Crippen molar-refractivity contribution in [3.63, 3.8) is 0 Å². The van der Waals surface area contributed by atoms with Crippen LogP contribution < -0.4 is 0 Å². The van der Waals surface area contributed by atoms with Gasteiger partial charge in [0.25, 0.3) is 0 Å². The van der Waals surface area contributed by atoms with Crippen molar-refractivity contribution in [1.29, 1.82) is 0 Å². The zero-order valence-corrected chi connectivity index (χ0v) is 10.3. The summed E-state index contributed by atoms with van der Waals surface area (Å²) < 4.78 is 5.84. The first kappa shape index (κ1) is 12.9. The molecule has 0 aliphatic carbocycles. The Kier molecular flexibility index (Phi) is 3.80. The second-order valence-electron chi connectivity index (χ2n) is 5.73. The van der Waals surface area contributed by atoms with Crippen LogP contribution in [0.4, 0.5) is 0 Å². The molecule has 0 aromatic carbocycles. The largest absolute Gasteiger partial charge is 0.393 e. The lowest BCUT2D eigenvalue weighted by Gasteiger charge is -2.48. The van der Waals surface area contributed by atoms with Gasteiger partial charge in [0.2, 0.25) is 0 Å². The maximum Gasteiger partial charge on any atom is 0.0895 e. The highest BCUT2D eigenvalue weighted by Gasteiger charge is 2.44. The summed E-state index contributed by atoms with van der Waals surface area (Å²) in [6, 6.07) is 0. The summed E-state index contributed by atoms with van der Waals surface area (Å²) in [6.07, 6.45) is 1.74. The van der Waals surface area contributed by atoms with Crippen molar-refractivity contribution in [3.8, 4) is 0 Å². The van der Waals surface area contributed by atoms with E-state index in [4.69, 9.17) is 4.74 Å². The molecule has 1 aliphatic rings. The smallest absolute Gasteiger partial charge is 0.0895 e. The van der Waals surface area contributed by atoms with Crippen molar-refractivity contribution in [3.05, 3.63) is 0 Å². The highest BCUT2D eigenvalue weighted by atomic mass is 16.5. The molecule has 90 valence electrons. The number of hydrogen-bond donors (Lipinski definition) is 2. The van der Waals surface area contributed by atoms with Gasteiger partial charge in [0.15, 0.2) is 0 Å². The third kappa shape index (κ3) is 2.92. The molecule has 0 saturated carbocycles. The molecule has 1 aliphatic heterocycles. The summed E-state index contributed by atoms with van der Waals surface area (Å²) in [5.74, 6) is 1.07. The number of ether oxygens (including phenoxy) is 1. The highest BCUT2D eigenvalue weighted by molar-refractivity contribution is 4.93. The van der Waals surface area contributed by atoms with Gasteiger partial charge >= 0.3 is 0 Å². The molecule has 0 unspecified atom stereocenters. The second kappa shape index (κ2) is 4.40. The average molecular weight is 216 g/mol. The van der Waals surface area contributed by atoms with Crippen LogP contribution in [0.25, 0.3) is 0 Å². The molecule has 3 nitrogen and oxygen atoms in total. The molecule has 0 bridgehead atoms. The van der Waals surface area contributed by atoms with Crippen LogP contribution in [0.2, 0.25) is 0 Å². The van der Waals surface area contributed by atoms with Crippen LogP contribution in [-0.4, -0.2) is 34.6 Å². The fourth-order valence-electron chi connectivity index (χ4n) is 2.52. The topological polar surface area (TPSA) is 49.7 Å². The highest BCUT2D eigenvalue weighted by Crippen LogP contribution is 2.41. The molecule has 1 heterocycles. The molecule has 0 aromatic rings. The zero-order valence-electron chi connectivity index (χ0n) is 10.3. The van der Waals surface area contributed by atoms with Crippen molar-refractivity contribution in [2.75, 3.05) is 13.2 Å². The van der Waals surface area contributed by atoms with Crippen LogP contribution in [0.3, 0.4) is 0 Å². The number of rotatable bonds is 3. The fourth-order valence-corrected chi connectivity index (χ4v) is 2.52. The summed E-state index contributed by atoms with van der Waals surface area (Å²) in [5.41, 5.74) is -0.991. The van der Waals surface area contributed by atoms with E-state index in [0.717, 1.165) is 12.8 Å². The van der Waals surface area contributed by atoms with Crippen molar-refractivity contribution in [2.24, 2.45) is 11.8 Å². The minimum atomic E-state index is -0.495. The molecular weight excluding hydrogens is 192 g/mol. The second-order valence-corrected chi connectivity index (χ2v) is 5.73. The Bertz CT molecular complexity index is 199. The summed E-state index contributed by atoms with van der Waals surface area (Å²) in [4.78, 5) is 0. The van der Waals surface area contributed by atoms with Gasteiger partial charge < -0.3 is 14.9 Å². The molecule has 3 atom stereocenters. The van der Waals surface area contributed by atoms with E-state index >= 15 is 0 Å². The van der Waals surface area contributed by atoms with Crippen molar-refractivity contribution >= 4 is 0 Å². The SMILES string of the molecule is CC(C)[C@@H]1C[C@](C)(CO)O[C@](C)(CO)C1. The van der Waals surface area contributed by atoms with E-state index in [-0.39, 0.29) is 13.2 Å². The summed E-state index contributed by atoms with van der Waals surface area (Å²) in [6.45, 7) is 8.26. The molecule has 0 amide bonds. The van der Waals surface area contributed by atoms with Crippen molar-refractivity contribution in [1.82, 2.24) is 0 Å². The van der Waals surface area contributed by atoms with Gasteiger partial charge in [0, 0.05) is 0 Å². The Morgan fingerprint density at radius 1 is 1.13 bits per heavy atom. The van der Waals surface area contributed by atoms with Gasteiger partial charge in [-0.2, -0.15) is 0 Å². The van der Waals surface area contributed by atoms with Crippen LogP contribution in [0.5, 0.6) is 0 Å². The Morgan fingerprint density at radius 3 is 1.80 bits per heavy atom. The molecule has 0 radical (unpaired) electrons. The van der Waals surface area contributed by atoms with Gasteiger partial charge in [-0.25, -0.2) is 0 Å². The van der Waals surface area contributed by atoms with Crippen LogP contribution in [0, 0.1) is 11.8 Å². The zero-order chi connectivity index (χ0) is 11.7. The molecule has 15 heavy (non-hydrogen) atoms. The van der Waals surface area contributed by atoms with Crippen molar-refractivity contribution in [2.45, 2.75) is 51.7 Å². The third-order valence-corrected chi connectivity index (χ3v) is 3.49. The van der Waals surface area contributed by atoms with Gasteiger partial charge in [-0.05, 0) is 38.5 Å². The van der Waals surface area contributed by atoms with Gasteiger partial charge in [-0.1, -0.05) is 13.8 Å². The summed E-state index contributed by atoms with van der Waals surface area (Å²) in [5, 5.41) is 18.7. The lowest BCUT2D eigenvalue weighted by molar-refractivity contribution is -0.220. The van der Waals surface area contributed by atoms with E-state index in [2.05, 4.69) is 13.8 Å². The minimum absolute atomic E-state index is 0.0197. The lowest BCUT2D eigenvalue weighted by Crippen LogP contribution is -2.53. The van der Waals surface area contributed by atoms with E-state index in [9.17, 15) is 10.2 Å². The van der Waals surface area contributed by atoms with E-state index in [1.54, 1.807) is 0 Å². The quantitative estimate of drug-likeness (QED) is 0.753. The van der Waals surface area contributed by atoms with Crippen LogP contribution in [0.1, 0.15) is 40.5 Å². The minimum Gasteiger partial charge on any atom is -0.393 e. The molecule has 2 N–H and O–H groups in total. The Labute approximate surface area is 92.4 Å². The number of aliphatic hydroxyl groups excluding tert-OH is 2. The van der Waals surface area contributed by atoms with E-state index in [1.807, 2.05) is 13.8 Å². The predicted molar refractivity (Wildman–Crippen MR) is 59.6 cm³/mol.